The van der Waals surface area contributed by atoms with E-state index in [-0.39, 0.29) is 5.91 Å². The Kier molecular flexibility index (Phi) is 5.18. The highest BCUT2D eigenvalue weighted by molar-refractivity contribution is 7.99. The number of aromatic nitrogens is 2. The standard InChI is InChI=1S/C20H19ClN4OS/c1-24-11-12-25(18(26)10-13-27-15-8-6-14(21)7-9-15)20-19(24)22-16-4-2-3-5-17(16)23-20/h2-9H,10-13H2,1H3. The van der Waals surface area contributed by atoms with Crippen molar-refractivity contribution in [3.8, 4) is 0 Å². The average molecular weight is 399 g/mol. The molecule has 0 radical (unpaired) electrons. The Morgan fingerprint density at radius 3 is 2.41 bits per heavy atom. The Labute approximate surface area is 167 Å². The summed E-state index contributed by atoms with van der Waals surface area (Å²) in [4.78, 5) is 27.2. The van der Waals surface area contributed by atoms with Crippen LogP contribution in [0.1, 0.15) is 6.42 Å². The van der Waals surface area contributed by atoms with Gasteiger partial charge in [0.1, 0.15) is 0 Å². The number of hydrogen-bond donors (Lipinski definition) is 0. The van der Waals surface area contributed by atoms with E-state index in [4.69, 9.17) is 21.6 Å². The van der Waals surface area contributed by atoms with Crippen molar-refractivity contribution < 1.29 is 4.79 Å². The largest absolute Gasteiger partial charge is 0.355 e. The van der Waals surface area contributed by atoms with E-state index in [1.807, 2.05) is 55.6 Å². The van der Waals surface area contributed by atoms with Crippen LogP contribution in [0.2, 0.25) is 5.02 Å². The van der Waals surface area contributed by atoms with Gasteiger partial charge in [0.2, 0.25) is 5.91 Å². The molecule has 1 amide bonds. The molecule has 0 spiro atoms. The summed E-state index contributed by atoms with van der Waals surface area (Å²) in [7, 11) is 1.99. The topological polar surface area (TPSA) is 49.3 Å². The van der Waals surface area contributed by atoms with E-state index in [9.17, 15) is 4.79 Å². The summed E-state index contributed by atoms with van der Waals surface area (Å²) in [6, 6.07) is 15.4. The van der Waals surface area contributed by atoms with Crippen molar-refractivity contribution in [3.63, 3.8) is 0 Å². The van der Waals surface area contributed by atoms with E-state index in [1.54, 1.807) is 16.7 Å². The predicted molar refractivity (Wildman–Crippen MR) is 112 cm³/mol. The lowest BCUT2D eigenvalue weighted by Crippen LogP contribution is -2.43. The highest BCUT2D eigenvalue weighted by Gasteiger charge is 2.28. The Balaban J connectivity index is 1.50. The van der Waals surface area contributed by atoms with Crippen LogP contribution < -0.4 is 9.80 Å². The SMILES string of the molecule is CN1CCN(C(=O)CCSc2ccc(Cl)cc2)c2nc3ccccc3nc21. The quantitative estimate of drug-likeness (QED) is 0.615. The smallest absolute Gasteiger partial charge is 0.229 e. The Bertz CT molecular complexity index is 979. The van der Waals surface area contributed by atoms with Gasteiger partial charge >= 0.3 is 0 Å². The summed E-state index contributed by atoms with van der Waals surface area (Å²) < 4.78 is 0. The molecule has 5 nitrogen and oxygen atoms in total. The molecule has 2 heterocycles. The number of para-hydroxylation sites is 2. The van der Waals surface area contributed by atoms with Gasteiger partial charge in [0, 0.05) is 42.2 Å². The predicted octanol–water partition coefficient (Wildman–Crippen LogP) is 4.25. The molecule has 3 aromatic rings. The van der Waals surface area contributed by atoms with Crippen molar-refractivity contribution in [3.05, 3.63) is 53.6 Å². The monoisotopic (exact) mass is 398 g/mol. The van der Waals surface area contributed by atoms with Crippen LogP contribution in [0.3, 0.4) is 0 Å². The molecule has 1 aliphatic rings. The number of fused-ring (bicyclic) bond motifs is 2. The lowest BCUT2D eigenvalue weighted by molar-refractivity contribution is -0.118. The summed E-state index contributed by atoms with van der Waals surface area (Å²) in [5, 5.41) is 0.718. The summed E-state index contributed by atoms with van der Waals surface area (Å²) in [6.07, 6.45) is 0.449. The number of likely N-dealkylation sites (N-methyl/N-ethyl adjacent to an activating group) is 1. The van der Waals surface area contributed by atoms with Crippen LogP contribution in [0.5, 0.6) is 0 Å². The zero-order valence-corrected chi connectivity index (χ0v) is 16.5. The van der Waals surface area contributed by atoms with Crippen LogP contribution in [0.4, 0.5) is 11.6 Å². The molecule has 0 aliphatic carbocycles. The fraction of sp³-hybridized carbons (Fsp3) is 0.250. The summed E-state index contributed by atoms with van der Waals surface area (Å²) in [5.41, 5.74) is 1.65. The second-order valence-corrected chi connectivity index (χ2v) is 7.98. The zero-order chi connectivity index (χ0) is 18.8. The molecule has 1 aliphatic heterocycles. The molecule has 0 N–H and O–H groups in total. The molecule has 27 heavy (non-hydrogen) atoms. The number of anilines is 2. The summed E-state index contributed by atoms with van der Waals surface area (Å²) in [5.74, 6) is 2.21. The van der Waals surface area contributed by atoms with Crippen molar-refractivity contribution in [2.45, 2.75) is 11.3 Å². The minimum Gasteiger partial charge on any atom is -0.355 e. The van der Waals surface area contributed by atoms with E-state index in [2.05, 4.69) is 4.90 Å². The number of benzene rings is 2. The Morgan fingerprint density at radius 1 is 1.04 bits per heavy atom. The van der Waals surface area contributed by atoms with Crippen molar-refractivity contribution >= 4 is 51.9 Å². The van der Waals surface area contributed by atoms with E-state index >= 15 is 0 Å². The van der Waals surface area contributed by atoms with Gasteiger partial charge in [0.15, 0.2) is 11.6 Å². The first kappa shape index (κ1) is 18.1. The maximum Gasteiger partial charge on any atom is 0.229 e. The molecule has 7 heteroatoms. The molecular formula is C20H19ClN4OS. The molecule has 0 fully saturated rings. The number of amides is 1. The van der Waals surface area contributed by atoms with Crippen LogP contribution in [0.25, 0.3) is 11.0 Å². The van der Waals surface area contributed by atoms with Gasteiger partial charge in [0.25, 0.3) is 0 Å². The molecule has 4 rings (SSSR count). The molecule has 0 bridgehead atoms. The molecule has 2 aromatic carbocycles. The van der Waals surface area contributed by atoms with E-state index < -0.39 is 0 Å². The number of halogens is 1. The lowest BCUT2D eigenvalue weighted by Gasteiger charge is -2.33. The number of thioether (sulfide) groups is 1. The van der Waals surface area contributed by atoms with Crippen molar-refractivity contribution in [2.75, 3.05) is 35.7 Å². The normalized spacial score (nSPS) is 13.7. The van der Waals surface area contributed by atoms with Gasteiger partial charge in [-0.15, -0.1) is 11.8 Å². The summed E-state index contributed by atoms with van der Waals surface area (Å²) in [6.45, 7) is 1.37. The Hall–Kier alpha value is -2.31. The zero-order valence-electron chi connectivity index (χ0n) is 14.9. The van der Waals surface area contributed by atoms with Crippen molar-refractivity contribution in [1.29, 1.82) is 0 Å². The molecule has 0 atom stereocenters. The third-order valence-electron chi connectivity index (χ3n) is 4.51. The lowest BCUT2D eigenvalue weighted by atomic mass is 10.2. The van der Waals surface area contributed by atoms with Gasteiger partial charge in [-0.05, 0) is 36.4 Å². The van der Waals surface area contributed by atoms with Crippen LogP contribution in [-0.2, 0) is 4.79 Å². The number of carbonyl (C=O) groups excluding carboxylic acids is 1. The molecule has 0 unspecified atom stereocenters. The van der Waals surface area contributed by atoms with Crippen LogP contribution >= 0.6 is 23.4 Å². The highest BCUT2D eigenvalue weighted by Crippen LogP contribution is 2.31. The van der Waals surface area contributed by atoms with Gasteiger partial charge in [0.05, 0.1) is 11.0 Å². The van der Waals surface area contributed by atoms with Gasteiger partial charge in [-0.3, -0.25) is 9.69 Å². The van der Waals surface area contributed by atoms with Crippen molar-refractivity contribution in [2.24, 2.45) is 0 Å². The van der Waals surface area contributed by atoms with E-state index in [0.717, 1.165) is 33.3 Å². The second-order valence-electron chi connectivity index (χ2n) is 6.38. The average Bonchev–Trinajstić information content (AvgIpc) is 2.68. The van der Waals surface area contributed by atoms with Gasteiger partial charge < -0.3 is 4.90 Å². The number of rotatable bonds is 4. The van der Waals surface area contributed by atoms with Crippen LogP contribution in [0, 0.1) is 0 Å². The van der Waals surface area contributed by atoms with Gasteiger partial charge in [-0.25, -0.2) is 9.97 Å². The van der Waals surface area contributed by atoms with Crippen LogP contribution in [-0.4, -0.2) is 41.8 Å². The van der Waals surface area contributed by atoms with Gasteiger partial charge in [-0.1, -0.05) is 23.7 Å². The fourth-order valence-corrected chi connectivity index (χ4v) is 4.01. The number of nitrogens with zero attached hydrogens (tertiary/aromatic N) is 4. The minimum absolute atomic E-state index is 0.0791. The molecule has 0 saturated heterocycles. The van der Waals surface area contributed by atoms with Crippen molar-refractivity contribution in [1.82, 2.24) is 9.97 Å². The first-order valence-corrected chi connectivity index (χ1v) is 10.1. The third kappa shape index (κ3) is 3.87. The van der Waals surface area contributed by atoms with Crippen LogP contribution in [0.15, 0.2) is 53.4 Å². The second kappa shape index (κ2) is 7.74. The molecule has 1 aromatic heterocycles. The van der Waals surface area contributed by atoms with E-state index in [0.29, 0.717) is 24.5 Å². The fourth-order valence-electron chi connectivity index (χ4n) is 3.05. The first-order chi connectivity index (χ1) is 13.1. The summed E-state index contributed by atoms with van der Waals surface area (Å²) >= 11 is 7.57. The number of carbonyl (C=O) groups is 1. The maximum atomic E-state index is 12.9. The molecular weight excluding hydrogens is 380 g/mol. The van der Waals surface area contributed by atoms with E-state index in [1.165, 1.54) is 0 Å². The highest BCUT2D eigenvalue weighted by atomic mass is 35.5. The third-order valence-corrected chi connectivity index (χ3v) is 5.78. The number of hydrogen-bond acceptors (Lipinski definition) is 5. The van der Waals surface area contributed by atoms with Gasteiger partial charge in [-0.2, -0.15) is 0 Å². The molecule has 0 saturated carbocycles. The Morgan fingerprint density at radius 2 is 1.70 bits per heavy atom. The first-order valence-electron chi connectivity index (χ1n) is 8.78. The minimum atomic E-state index is 0.0791. The maximum absolute atomic E-state index is 12.9. The molecule has 138 valence electrons.